The first-order valence-electron chi connectivity index (χ1n) is 6.46. The van der Waals surface area contributed by atoms with Crippen LogP contribution in [0.2, 0.25) is 5.02 Å². The van der Waals surface area contributed by atoms with Gasteiger partial charge in [-0.05, 0) is 41.8 Å². The molecule has 0 aliphatic heterocycles. The van der Waals surface area contributed by atoms with E-state index in [1.165, 1.54) is 12.0 Å². The van der Waals surface area contributed by atoms with Crippen molar-refractivity contribution in [3.05, 3.63) is 63.1 Å². The molecule has 0 aliphatic rings. The monoisotopic (exact) mass is 337 g/mol. The molecule has 0 bridgehead atoms. The van der Waals surface area contributed by atoms with Crippen molar-refractivity contribution in [1.82, 2.24) is 0 Å². The van der Waals surface area contributed by atoms with E-state index in [1.54, 1.807) is 0 Å². The van der Waals surface area contributed by atoms with Crippen LogP contribution in [0.5, 0.6) is 0 Å². The first-order chi connectivity index (χ1) is 9.19. The van der Waals surface area contributed by atoms with E-state index >= 15 is 0 Å². The molecule has 0 saturated carbocycles. The zero-order valence-electron chi connectivity index (χ0n) is 10.9. The normalized spacial score (nSPS) is 10.5. The number of aryl methyl sites for hydroxylation is 1. The van der Waals surface area contributed by atoms with Gasteiger partial charge in [0.15, 0.2) is 0 Å². The summed E-state index contributed by atoms with van der Waals surface area (Å²) in [4.78, 5) is 0. The summed E-state index contributed by atoms with van der Waals surface area (Å²) in [6.07, 6.45) is 2.32. The van der Waals surface area contributed by atoms with E-state index < -0.39 is 0 Å². The number of halogens is 2. The minimum absolute atomic E-state index is 0.735. The Morgan fingerprint density at radius 1 is 1.11 bits per heavy atom. The van der Waals surface area contributed by atoms with Crippen LogP contribution in [0.3, 0.4) is 0 Å². The quantitative estimate of drug-likeness (QED) is 0.741. The molecule has 0 saturated heterocycles. The summed E-state index contributed by atoms with van der Waals surface area (Å²) in [5.41, 5.74) is 3.61. The van der Waals surface area contributed by atoms with E-state index in [2.05, 4.69) is 52.4 Å². The molecule has 0 spiro atoms. The molecule has 2 aromatic carbocycles. The van der Waals surface area contributed by atoms with E-state index in [-0.39, 0.29) is 0 Å². The van der Waals surface area contributed by atoms with E-state index in [9.17, 15) is 0 Å². The standard InChI is InChI=1S/C16H17BrClN/c1-2-3-12-4-8-15(9-5-12)19-11-13-6-7-14(17)10-16(13)18/h4-10,19H,2-3,11H2,1H3. The molecule has 3 heteroatoms. The molecule has 0 aliphatic carbocycles. The molecule has 0 aromatic heterocycles. The number of hydrogen-bond donors (Lipinski definition) is 1. The SMILES string of the molecule is CCCc1ccc(NCc2ccc(Br)cc2Cl)cc1. The molecule has 0 radical (unpaired) electrons. The molecule has 2 rings (SSSR count). The number of benzene rings is 2. The first-order valence-corrected chi connectivity index (χ1v) is 7.63. The van der Waals surface area contributed by atoms with Gasteiger partial charge in [-0.1, -0.05) is 59.1 Å². The van der Waals surface area contributed by atoms with Gasteiger partial charge in [0, 0.05) is 21.7 Å². The maximum Gasteiger partial charge on any atom is 0.0467 e. The Labute approximate surface area is 128 Å². The number of nitrogens with one attached hydrogen (secondary N) is 1. The molecule has 2 aromatic rings. The molecule has 0 fully saturated rings. The van der Waals surface area contributed by atoms with Gasteiger partial charge in [0.2, 0.25) is 0 Å². The highest BCUT2D eigenvalue weighted by molar-refractivity contribution is 9.10. The molecule has 100 valence electrons. The third kappa shape index (κ3) is 4.26. The van der Waals surface area contributed by atoms with E-state index in [0.29, 0.717) is 0 Å². The smallest absolute Gasteiger partial charge is 0.0467 e. The van der Waals surface area contributed by atoms with Gasteiger partial charge in [0.25, 0.3) is 0 Å². The zero-order valence-corrected chi connectivity index (χ0v) is 13.3. The van der Waals surface area contributed by atoms with Crippen LogP contribution < -0.4 is 5.32 Å². The molecule has 0 unspecified atom stereocenters. The zero-order chi connectivity index (χ0) is 13.7. The van der Waals surface area contributed by atoms with Crippen LogP contribution in [0.25, 0.3) is 0 Å². The summed E-state index contributed by atoms with van der Waals surface area (Å²) in [6.45, 7) is 2.93. The minimum atomic E-state index is 0.735. The van der Waals surface area contributed by atoms with E-state index in [4.69, 9.17) is 11.6 Å². The fourth-order valence-corrected chi connectivity index (χ4v) is 2.68. The van der Waals surface area contributed by atoms with Crippen molar-refractivity contribution >= 4 is 33.2 Å². The second-order valence-corrected chi connectivity index (χ2v) is 5.86. The lowest BCUT2D eigenvalue weighted by molar-refractivity contribution is 0.922. The van der Waals surface area contributed by atoms with Crippen LogP contribution in [-0.4, -0.2) is 0 Å². The number of hydrogen-bond acceptors (Lipinski definition) is 1. The summed E-state index contributed by atoms with van der Waals surface area (Å²) >= 11 is 9.60. The fourth-order valence-electron chi connectivity index (χ4n) is 1.94. The summed E-state index contributed by atoms with van der Waals surface area (Å²) < 4.78 is 1.00. The van der Waals surface area contributed by atoms with Crippen LogP contribution in [0, 0.1) is 0 Å². The molecule has 19 heavy (non-hydrogen) atoms. The van der Waals surface area contributed by atoms with Crippen molar-refractivity contribution in [1.29, 1.82) is 0 Å². The van der Waals surface area contributed by atoms with Gasteiger partial charge in [0.05, 0.1) is 0 Å². The highest BCUT2D eigenvalue weighted by atomic mass is 79.9. The molecule has 1 nitrogen and oxygen atoms in total. The lowest BCUT2D eigenvalue weighted by Crippen LogP contribution is -2.00. The van der Waals surface area contributed by atoms with Gasteiger partial charge in [-0.25, -0.2) is 0 Å². The Kier molecular flexibility index (Phi) is 5.29. The predicted molar refractivity (Wildman–Crippen MR) is 86.9 cm³/mol. The Morgan fingerprint density at radius 2 is 1.84 bits per heavy atom. The molecule has 1 N–H and O–H groups in total. The van der Waals surface area contributed by atoms with Gasteiger partial charge in [-0.15, -0.1) is 0 Å². The third-order valence-corrected chi connectivity index (χ3v) is 3.84. The van der Waals surface area contributed by atoms with Crippen molar-refractivity contribution in [3.8, 4) is 0 Å². The Bertz CT molecular complexity index is 537. The molecular formula is C16H17BrClN. The first kappa shape index (κ1) is 14.4. The van der Waals surface area contributed by atoms with Crippen LogP contribution >= 0.6 is 27.5 Å². The predicted octanol–water partition coefficient (Wildman–Crippen LogP) is 5.67. The average Bonchev–Trinajstić information content (AvgIpc) is 2.40. The Hall–Kier alpha value is -0.990. The fraction of sp³-hybridized carbons (Fsp3) is 0.250. The van der Waals surface area contributed by atoms with Gasteiger partial charge in [0.1, 0.15) is 0 Å². The van der Waals surface area contributed by atoms with Crippen LogP contribution in [0.4, 0.5) is 5.69 Å². The number of rotatable bonds is 5. The molecular weight excluding hydrogens is 322 g/mol. The van der Waals surface area contributed by atoms with Gasteiger partial charge >= 0.3 is 0 Å². The van der Waals surface area contributed by atoms with Crippen molar-refractivity contribution < 1.29 is 0 Å². The third-order valence-electron chi connectivity index (χ3n) is 2.99. The minimum Gasteiger partial charge on any atom is -0.381 e. The summed E-state index contributed by atoms with van der Waals surface area (Å²) in [7, 11) is 0. The van der Waals surface area contributed by atoms with Crippen LogP contribution in [0.15, 0.2) is 46.9 Å². The van der Waals surface area contributed by atoms with Crippen LogP contribution in [0.1, 0.15) is 24.5 Å². The van der Waals surface area contributed by atoms with Crippen molar-refractivity contribution in [2.24, 2.45) is 0 Å². The van der Waals surface area contributed by atoms with Crippen LogP contribution in [-0.2, 0) is 13.0 Å². The maximum absolute atomic E-state index is 6.19. The van der Waals surface area contributed by atoms with E-state index in [1.807, 2.05) is 18.2 Å². The molecule has 0 heterocycles. The second kappa shape index (κ2) is 6.97. The highest BCUT2D eigenvalue weighted by Crippen LogP contribution is 2.22. The summed E-state index contributed by atoms with van der Waals surface area (Å²) in [5, 5.41) is 4.17. The van der Waals surface area contributed by atoms with Gasteiger partial charge in [-0.3, -0.25) is 0 Å². The Balaban J connectivity index is 1.98. The molecule has 0 atom stereocenters. The summed E-state index contributed by atoms with van der Waals surface area (Å²) in [5.74, 6) is 0. The van der Waals surface area contributed by atoms with Crippen molar-refractivity contribution in [3.63, 3.8) is 0 Å². The highest BCUT2D eigenvalue weighted by Gasteiger charge is 2.01. The molecule has 0 amide bonds. The Morgan fingerprint density at radius 3 is 2.47 bits per heavy atom. The average molecular weight is 339 g/mol. The van der Waals surface area contributed by atoms with Gasteiger partial charge < -0.3 is 5.32 Å². The van der Waals surface area contributed by atoms with Gasteiger partial charge in [-0.2, -0.15) is 0 Å². The largest absolute Gasteiger partial charge is 0.381 e. The number of anilines is 1. The second-order valence-electron chi connectivity index (χ2n) is 4.54. The lowest BCUT2D eigenvalue weighted by Gasteiger charge is -2.09. The summed E-state index contributed by atoms with van der Waals surface area (Å²) in [6, 6.07) is 14.6. The van der Waals surface area contributed by atoms with Crippen molar-refractivity contribution in [2.75, 3.05) is 5.32 Å². The lowest BCUT2D eigenvalue weighted by atomic mass is 10.1. The van der Waals surface area contributed by atoms with E-state index in [0.717, 1.165) is 33.7 Å². The topological polar surface area (TPSA) is 12.0 Å². The van der Waals surface area contributed by atoms with Crippen molar-refractivity contribution in [2.45, 2.75) is 26.3 Å². The maximum atomic E-state index is 6.19.